The topological polar surface area (TPSA) is 294 Å². The summed E-state index contributed by atoms with van der Waals surface area (Å²) in [4.78, 5) is 89.9. The highest BCUT2D eigenvalue weighted by Gasteiger charge is 2.36. The monoisotopic (exact) mass is 765 g/mol. The van der Waals surface area contributed by atoms with Crippen LogP contribution in [0.25, 0.3) is 0 Å². The average molecular weight is 766 g/mol. The first-order valence-electron chi connectivity index (χ1n) is 17.6. The molecule has 1 atom stereocenters. The molecule has 1 saturated heterocycles. The van der Waals surface area contributed by atoms with Gasteiger partial charge in [-0.05, 0) is 43.7 Å². The third-order valence-electron chi connectivity index (χ3n) is 8.41. The third-order valence-corrected chi connectivity index (χ3v) is 8.41. The first-order valence-corrected chi connectivity index (χ1v) is 17.6. The largest absolute Gasteiger partial charge is 0.480 e. The number of carbonyl (C=O) groups is 7. The number of carboxylic acids is 3. The van der Waals surface area contributed by atoms with Gasteiger partial charge < -0.3 is 46.2 Å². The quantitative estimate of drug-likeness (QED) is 0.0233. The number of hydrogen-bond acceptors (Lipinski definition) is 14. The standard InChI is InChI=1S/C32H52BN9O12/c1-2-39(21-30(48)49)14-15-41(17-16-40(22-31(50)51)13-11-34-19-29(46)47)20-27(44)35-10-9-26(43)38-37-24-7-5-23(6-8-24)32(52)36-18-28(45)42-12-3-4-25(42)33(53)54/h5-8,25,34,37,53-54H,2-4,9-22H2,1H3,(H,35,44)(H,36,52)(H,38,43)(H,46,47)(H,48,49)(H,50,51)/t25-/m0/s1. The third kappa shape index (κ3) is 18.3. The van der Waals surface area contributed by atoms with Gasteiger partial charge in [-0.15, -0.1) is 0 Å². The maximum atomic E-state index is 12.8. The van der Waals surface area contributed by atoms with E-state index >= 15 is 0 Å². The number of amides is 4. The van der Waals surface area contributed by atoms with Gasteiger partial charge in [0.25, 0.3) is 5.91 Å². The maximum absolute atomic E-state index is 12.8. The van der Waals surface area contributed by atoms with E-state index in [0.29, 0.717) is 44.7 Å². The second-order valence-corrected chi connectivity index (χ2v) is 12.5. The number of benzene rings is 1. The molecule has 0 spiro atoms. The minimum absolute atomic E-state index is 0.00601. The molecule has 0 aromatic heterocycles. The van der Waals surface area contributed by atoms with E-state index in [1.807, 2.05) is 0 Å². The number of anilines is 1. The van der Waals surface area contributed by atoms with E-state index in [1.54, 1.807) is 21.6 Å². The lowest BCUT2D eigenvalue weighted by Gasteiger charge is -2.28. The molecule has 4 amide bonds. The number of nitrogens with one attached hydrogen (secondary N) is 5. The Kier molecular flexibility index (Phi) is 20.5. The van der Waals surface area contributed by atoms with E-state index in [9.17, 15) is 53.8 Å². The van der Waals surface area contributed by atoms with Crippen molar-refractivity contribution in [1.82, 2.24) is 41.0 Å². The van der Waals surface area contributed by atoms with Crippen molar-refractivity contribution in [3.63, 3.8) is 0 Å². The van der Waals surface area contributed by atoms with Crippen molar-refractivity contribution in [3.8, 4) is 0 Å². The van der Waals surface area contributed by atoms with E-state index in [0.717, 1.165) is 0 Å². The van der Waals surface area contributed by atoms with E-state index in [1.165, 1.54) is 29.2 Å². The lowest BCUT2D eigenvalue weighted by molar-refractivity contribution is -0.139. The van der Waals surface area contributed by atoms with Crippen molar-refractivity contribution in [2.75, 3.05) is 97.1 Å². The summed E-state index contributed by atoms with van der Waals surface area (Å²) < 4.78 is 0. The summed E-state index contributed by atoms with van der Waals surface area (Å²) in [5.41, 5.74) is 5.90. The van der Waals surface area contributed by atoms with Crippen LogP contribution in [0.5, 0.6) is 0 Å². The highest BCUT2D eigenvalue weighted by Crippen LogP contribution is 2.18. The molecule has 10 N–H and O–H groups in total. The first-order chi connectivity index (χ1) is 25.7. The number of rotatable bonds is 27. The molecule has 0 aliphatic carbocycles. The van der Waals surface area contributed by atoms with Crippen LogP contribution in [0.2, 0.25) is 0 Å². The number of likely N-dealkylation sites (N-methyl/N-ethyl adjacent to an activating group) is 1. The van der Waals surface area contributed by atoms with Gasteiger partial charge in [0.2, 0.25) is 17.7 Å². The van der Waals surface area contributed by atoms with Crippen LogP contribution in [0.15, 0.2) is 24.3 Å². The van der Waals surface area contributed by atoms with Gasteiger partial charge in [0.1, 0.15) is 0 Å². The molecule has 300 valence electrons. The van der Waals surface area contributed by atoms with Crippen molar-refractivity contribution in [1.29, 1.82) is 0 Å². The molecule has 21 nitrogen and oxygen atoms in total. The second-order valence-electron chi connectivity index (χ2n) is 12.5. The summed E-state index contributed by atoms with van der Waals surface area (Å²) in [6.45, 7) is 3.00. The molecule has 1 heterocycles. The lowest BCUT2D eigenvalue weighted by atomic mass is 9.78. The zero-order valence-corrected chi connectivity index (χ0v) is 30.4. The van der Waals surface area contributed by atoms with E-state index in [4.69, 9.17) is 5.11 Å². The Morgan fingerprint density at radius 2 is 1.37 bits per heavy atom. The normalized spacial score (nSPS) is 13.9. The number of likely N-dealkylation sites (tertiary alicyclic amines) is 1. The van der Waals surface area contributed by atoms with Crippen molar-refractivity contribution < 1.29 is 58.9 Å². The van der Waals surface area contributed by atoms with E-state index < -0.39 is 54.6 Å². The summed E-state index contributed by atoms with van der Waals surface area (Å²) >= 11 is 0. The number of nitrogens with zero attached hydrogens (tertiary/aromatic N) is 4. The van der Waals surface area contributed by atoms with Crippen LogP contribution in [0.3, 0.4) is 0 Å². The summed E-state index contributed by atoms with van der Waals surface area (Å²) in [6.07, 6.45) is 1.01. The zero-order chi connectivity index (χ0) is 40.0. The van der Waals surface area contributed by atoms with Crippen molar-refractivity contribution >= 4 is 54.3 Å². The van der Waals surface area contributed by atoms with Gasteiger partial charge in [-0.3, -0.25) is 59.1 Å². The lowest BCUT2D eigenvalue weighted by Crippen LogP contribution is -2.48. The Labute approximate surface area is 313 Å². The minimum atomic E-state index is -1.65. The van der Waals surface area contributed by atoms with Gasteiger partial charge in [0.15, 0.2) is 0 Å². The molecule has 22 heteroatoms. The average Bonchev–Trinajstić information content (AvgIpc) is 3.62. The molecule has 2 rings (SSSR count). The minimum Gasteiger partial charge on any atom is -0.480 e. The smallest absolute Gasteiger partial charge is 0.475 e. The molecule has 0 radical (unpaired) electrons. The van der Waals surface area contributed by atoms with Gasteiger partial charge in [-0.25, -0.2) is 0 Å². The summed E-state index contributed by atoms with van der Waals surface area (Å²) in [5.74, 6) is -5.63. The molecule has 1 aromatic rings. The van der Waals surface area contributed by atoms with Gasteiger partial charge in [-0.2, -0.15) is 0 Å². The SMILES string of the molecule is CCN(CCN(CCN(CCNCC(=O)O)CC(=O)O)CC(=O)NCCC(=O)NNc1ccc(C(=O)NCC(=O)N2CCC[C@H]2B(O)O)cc1)CC(=O)O. The van der Waals surface area contributed by atoms with Gasteiger partial charge >= 0.3 is 25.0 Å². The van der Waals surface area contributed by atoms with E-state index in [-0.39, 0.29) is 77.4 Å². The van der Waals surface area contributed by atoms with E-state index in [2.05, 4.69) is 26.8 Å². The van der Waals surface area contributed by atoms with Crippen LogP contribution < -0.4 is 26.8 Å². The molecule has 0 unspecified atom stereocenters. The Hall–Kier alpha value is -4.87. The van der Waals surface area contributed by atoms with Crippen LogP contribution in [0.1, 0.15) is 36.5 Å². The van der Waals surface area contributed by atoms with Crippen LogP contribution in [-0.2, 0) is 28.8 Å². The van der Waals surface area contributed by atoms with Crippen molar-refractivity contribution in [2.45, 2.75) is 32.1 Å². The number of aliphatic carboxylic acids is 3. The summed E-state index contributed by atoms with van der Waals surface area (Å²) in [6, 6.07) is 6.03. The number of carboxylic acid groups (broad SMARTS) is 3. The molecular formula is C32H52BN9O12. The molecule has 0 saturated carbocycles. The summed E-state index contributed by atoms with van der Waals surface area (Å²) in [7, 11) is -1.65. The number of carbonyl (C=O) groups excluding carboxylic acids is 4. The summed E-state index contributed by atoms with van der Waals surface area (Å²) in [5, 5.41) is 54.1. The highest BCUT2D eigenvalue weighted by atomic mass is 16.4. The predicted octanol–water partition coefficient (Wildman–Crippen LogP) is -3.86. The fraction of sp³-hybridized carbons (Fsp3) is 0.594. The first kappa shape index (κ1) is 45.3. The fourth-order valence-electron chi connectivity index (χ4n) is 5.52. The molecule has 1 fully saturated rings. The molecule has 54 heavy (non-hydrogen) atoms. The van der Waals surface area contributed by atoms with Crippen molar-refractivity contribution in [2.24, 2.45) is 0 Å². The molecular weight excluding hydrogens is 713 g/mol. The van der Waals surface area contributed by atoms with Crippen LogP contribution in [0, 0.1) is 0 Å². The van der Waals surface area contributed by atoms with Gasteiger partial charge in [-0.1, -0.05) is 6.92 Å². The maximum Gasteiger partial charge on any atom is 0.475 e. The highest BCUT2D eigenvalue weighted by molar-refractivity contribution is 6.43. The molecule has 1 aromatic carbocycles. The van der Waals surface area contributed by atoms with Gasteiger partial charge in [0.05, 0.1) is 44.4 Å². The van der Waals surface area contributed by atoms with Crippen LogP contribution >= 0.6 is 0 Å². The Balaban J connectivity index is 1.81. The second kappa shape index (κ2) is 24.5. The number of hydrazine groups is 1. The fourth-order valence-corrected chi connectivity index (χ4v) is 5.52. The Morgan fingerprint density at radius 3 is 1.96 bits per heavy atom. The Bertz CT molecular complexity index is 1410. The number of hydrogen-bond donors (Lipinski definition) is 10. The van der Waals surface area contributed by atoms with Crippen LogP contribution in [-0.4, -0.2) is 191 Å². The molecule has 1 aliphatic heterocycles. The molecule has 0 bridgehead atoms. The zero-order valence-electron chi connectivity index (χ0n) is 30.4. The predicted molar refractivity (Wildman–Crippen MR) is 194 cm³/mol. The van der Waals surface area contributed by atoms with Gasteiger partial charge in [0, 0.05) is 64.3 Å². The van der Waals surface area contributed by atoms with Crippen LogP contribution in [0.4, 0.5) is 5.69 Å². The van der Waals surface area contributed by atoms with Crippen molar-refractivity contribution in [3.05, 3.63) is 29.8 Å². The Morgan fingerprint density at radius 1 is 0.759 bits per heavy atom. The molecule has 1 aliphatic rings.